The normalized spacial score (nSPS) is 14.7. The highest BCUT2D eigenvalue weighted by Crippen LogP contribution is 1.98. The van der Waals surface area contributed by atoms with Crippen LogP contribution < -0.4 is 9.88 Å². The summed E-state index contributed by atoms with van der Waals surface area (Å²) in [6, 6.07) is 0. The first-order valence-electron chi connectivity index (χ1n) is 4.30. The van der Waals surface area contributed by atoms with Crippen LogP contribution in [-0.4, -0.2) is 4.98 Å². The molecule has 1 rings (SSSR count). The van der Waals surface area contributed by atoms with Crippen LogP contribution in [0.25, 0.3) is 12.2 Å². The first-order chi connectivity index (χ1) is 5.74. The lowest BCUT2D eigenvalue weighted by atomic mass is 10.1. The summed E-state index contributed by atoms with van der Waals surface area (Å²) >= 11 is 1.72. The molecule has 2 heteroatoms. The third kappa shape index (κ3) is 2.45. The summed E-state index contributed by atoms with van der Waals surface area (Å²) in [5.74, 6) is 0.733. The minimum atomic E-state index is 0.733. The van der Waals surface area contributed by atoms with Crippen LogP contribution in [0.3, 0.4) is 0 Å². The third-order valence-electron chi connectivity index (χ3n) is 1.67. The second kappa shape index (κ2) is 4.41. The molecule has 0 atom stereocenters. The number of nitrogens with zero attached hydrogens (tertiary/aromatic N) is 1. The van der Waals surface area contributed by atoms with Crippen LogP contribution in [0.1, 0.15) is 27.2 Å². The molecule has 0 aliphatic carbocycles. The molecule has 12 heavy (non-hydrogen) atoms. The first kappa shape index (κ1) is 9.46. The van der Waals surface area contributed by atoms with Crippen LogP contribution in [-0.2, 0) is 0 Å². The van der Waals surface area contributed by atoms with Gasteiger partial charge < -0.3 is 0 Å². The molecule has 1 aromatic rings. The van der Waals surface area contributed by atoms with Gasteiger partial charge >= 0.3 is 0 Å². The highest BCUT2D eigenvalue weighted by molar-refractivity contribution is 7.07. The third-order valence-corrected chi connectivity index (χ3v) is 2.51. The van der Waals surface area contributed by atoms with E-state index in [-0.39, 0.29) is 0 Å². The molecule has 0 bridgehead atoms. The van der Waals surface area contributed by atoms with E-state index in [1.54, 1.807) is 11.3 Å². The summed E-state index contributed by atoms with van der Waals surface area (Å²) in [6.45, 7) is 6.49. The van der Waals surface area contributed by atoms with Gasteiger partial charge in [0.1, 0.15) is 0 Å². The minimum absolute atomic E-state index is 0.733. The highest BCUT2D eigenvalue weighted by atomic mass is 32.1. The minimum Gasteiger partial charge on any atom is -0.245 e. The SMILES string of the molecule is C/C=c1/ncs/c1=C/CC(C)C. The van der Waals surface area contributed by atoms with Crippen LogP contribution in [0.5, 0.6) is 0 Å². The van der Waals surface area contributed by atoms with E-state index >= 15 is 0 Å². The van der Waals surface area contributed by atoms with E-state index < -0.39 is 0 Å². The van der Waals surface area contributed by atoms with Gasteiger partial charge in [0.05, 0.1) is 10.9 Å². The Morgan fingerprint density at radius 1 is 1.58 bits per heavy atom. The fourth-order valence-electron chi connectivity index (χ4n) is 0.976. The molecule has 0 aromatic carbocycles. The molecular formula is C10H15NS. The lowest BCUT2D eigenvalue weighted by molar-refractivity contribution is 0.681. The summed E-state index contributed by atoms with van der Waals surface area (Å²) in [4.78, 5) is 4.24. The van der Waals surface area contributed by atoms with Crippen molar-refractivity contribution in [1.82, 2.24) is 4.98 Å². The smallest absolute Gasteiger partial charge is 0.0805 e. The Hall–Kier alpha value is -0.630. The Balaban J connectivity index is 2.94. The fourth-order valence-corrected chi connectivity index (χ4v) is 1.74. The van der Waals surface area contributed by atoms with Gasteiger partial charge in [0.15, 0.2) is 0 Å². The van der Waals surface area contributed by atoms with E-state index in [2.05, 4.69) is 31.0 Å². The van der Waals surface area contributed by atoms with Crippen LogP contribution >= 0.6 is 11.3 Å². The summed E-state index contributed by atoms with van der Waals surface area (Å²) in [6.07, 6.45) is 5.48. The monoisotopic (exact) mass is 181 g/mol. The van der Waals surface area contributed by atoms with Crippen molar-refractivity contribution in [2.45, 2.75) is 27.2 Å². The molecule has 0 N–H and O–H groups in total. The lowest BCUT2D eigenvalue weighted by Gasteiger charge is -1.94. The van der Waals surface area contributed by atoms with Crippen molar-refractivity contribution in [3.63, 3.8) is 0 Å². The highest BCUT2D eigenvalue weighted by Gasteiger charge is 1.90. The Labute approximate surface area is 77.5 Å². The maximum Gasteiger partial charge on any atom is 0.0805 e. The molecule has 1 nitrogen and oxygen atoms in total. The fraction of sp³-hybridized carbons (Fsp3) is 0.500. The first-order valence-corrected chi connectivity index (χ1v) is 5.18. The molecule has 66 valence electrons. The zero-order valence-electron chi connectivity index (χ0n) is 7.87. The number of thiazole rings is 1. The summed E-state index contributed by atoms with van der Waals surface area (Å²) in [7, 11) is 0. The Bertz CT molecular complexity index is 335. The van der Waals surface area contributed by atoms with Crippen molar-refractivity contribution in [2.24, 2.45) is 5.92 Å². The quantitative estimate of drug-likeness (QED) is 0.677. The van der Waals surface area contributed by atoms with Crippen molar-refractivity contribution in [2.75, 3.05) is 0 Å². The second-order valence-corrected chi connectivity index (χ2v) is 4.11. The second-order valence-electron chi connectivity index (χ2n) is 3.22. The van der Waals surface area contributed by atoms with E-state index in [0.29, 0.717) is 0 Å². The molecule has 0 saturated carbocycles. The van der Waals surface area contributed by atoms with Crippen LogP contribution in [0.15, 0.2) is 5.51 Å². The molecule has 1 heterocycles. The Morgan fingerprint density at radius 2 is 2.33 bits per heavy atom. The predicted molar refractivity (Wildman–Crippen MR) is 55.4 cm³/mol. The zero-order chi connectivity index (χ0) is 8.97. The largest absolute Gasteiger partial charge is 0.245 e. The average molecular weight is 181 g/mol. The van der Waals surface area contributed by atoms with Crippen molar-refractivity contribution < 1.29 is 0 Å². The molecule has 0 spiro atoms. The molecule has 0 unspecified atom stereocenters. The van der Waals surface area contributed by atoms with Gasteiger partial charge in [-0.3, -0.25) is 0 Å². The van der Waals surface area contributed by atoms with Crippen molar-refractivity contribution >= 4 is 23.5 Å². The molecular weight excluding hydrogens is 166 g/mol. The molecule has 0 saturated heterocycles. The zero-order valence-corrected chi connectivity index (χ0v) is 8.69. The van der Waals surface area contributed by atoms with Gasteiger partial charge in [-0.15, -0.1) is 11.3 Å². The molecule has 1 aromatic heterocycles. The Kier molecular flexibility index (Phi) is 3.48. The molecule has 0 aliphatic heterocycles. The topological polar surface area (TPSA) is 12.9 Å². The maximum atomic E-state index is 4.24. The Morgan fingerprint density at radius 3 is 2.92 bits per heavy atom. The molecule has 0 radical (unpaired) electrons. The molecule has 0 fully saturated rings. The van der Waals surface area contributed by atoms with Crippen molar-refractivity contribution in [1.29, 1.82) is 0 Å². The maximum absolute atomic E-state index is 4.24. The van der Waals surface area contributed by atoms with Gasteiger partial charge in [0.2, 0.25) is 0 Å². The number of rotatable bonds is 2. The number of aromatic nitrogens is 1. The predicted octanol–water partition coefficient (Wildman–Crippen LogP) is 1.77. The van der Waals surface area contributed by atoms with E-state index in [1.807, 2.05) is 12.4 Å². The standard InChI is InChI=1S/C10H15NS/c1-4-9-10(12-7-11-9)6-5-8(2)3/h4,6-8H,5H2,1-3H3/b9-4+,10-6+. The molecule has 0 amide bonds. The molecule has 0 aliphatic rings. The van der Waals surface area contributed by atoms with Gasteiger partial charge in [-0.1, -0.05) is 26.0 Å². The van der Waals surface area contributed by atoms with Crippen LogP contribution in [0, 0.1) is 5.92 Å². The van der Waals surface area contributed by atoms with Gasteiger partial charge in [-0.05, 0) is 19.3 Å². The van der Waals surface area contributed by atoms with Gasteiger partial charge in [-0.2, -0.15) is 0 Å². The lowest BCUT2D eigenvalue weighted by Crippen LogP contribution is -2.20. The van der Waals surface area contributed by atoms with Crippen molar-refractivity contribution in [3.05, 3.63) is 15.4 Å². The van der Waals surface area contributed by atoms with Crippen LogP contribution in [0.4, 0.5) is 0 Å². The van der Waals surface area contributed by atoms with Gasteiger partial charge in [0, 0.05) is 4.53 Å². The van der Waals surface area contributed by atoms with Gasteiger partial charge in [0.25, 0.3) is 0 Å². The average Bonchev–Trinajstić information content (AvgIpc) is 2.47. The van der Waals surface area contributed by atoms with E-state index in [0.717, 1.165) is 17.7 Å². The summed E-state index contributed by atoms with van der Waals surface area (Å²) in [5, 5.41) is 1.13. The van der Waals surface area contributed by atoms with Crippen molar-refractivity contribution in [3.8, 4) is 0 Å². The van der Waals surface area contributed by atoms with E-state index in [4.69, 9.17) is 0 Å². The number of hydrogen-bond donors (Lipinski definition) is 0. The summed E-state index contributed by atoms with van der Waals surface area (Å²) < 4.78 is 1.31. The van der Waals surface area contributed by atoms with E-state index in [9.17, 15) is 0 Å². The van der Waals surface area contributed by atoms with Gasteiger partial charge in [-0.25, -0.2) is 4.98 Å². The number of hydrogen-bond acceptors (Lipinski definition) is 2. The van der Waals surface area contributed by atoms with E-state index in [1.165, 1.54) is 4.53 Å². The van der Waals surface area contributed by atoms with Crippen LogP contribution in [0.2, 0.25) is 0 Å². The summed E-state index contributed by atoms with van der Waals surface area (Å²) in [5.41, 5.74) is 1.90.